The maximum Gasteiger partial charge on any atom is 0.150 e. The van der Waals surface area contributed by atoms with E-state index in [1.807, 2.05) is 13.8 Å². The highest BCUT2D eigenvalue weighted by Crippen LogP contribution is 2.22. The van der Waals surface area contributed by atoms with E-state index in [-0.39, 0.29) is 0 Å². The normalized spacial score (nSPS) is 10.0. The van der Waals surface area contributed by atoms with E-state index < -0.39 is 0 Å². The summed E-state index contributed by atoms with van der Waals surface area (Å²) in [6.07, 6.45) is 0.937. The summed E-state index contributed by atoms with van der Waals surface area (Å²) >= 11 is 2.28. The minimum atomic E-state index is 0.838. The first-order valence-corrected chi connectivity index (χ1v) is 4.87. The van der Waals surface area contributed by atoms with Crippen molar-refractivity contribution in [3.63, 3.8) is 0 Å². The highest BCUT2D eigenvalue weighted by Gasteiger charge is 2.07. The number of rotatable bonds is 1. The van der Waals surface area contributed by atoms with E-state index in [0.717, 1.165) is 23.0 Å². The Hall–Kier alpha value is -0.380. The number of carbonyl (C=O) groups excluding carboxylic acids is 1. The lowest BCUT2D eigenvalue weighted by Gasteiger charge is -2.08. The van der Waals surface area contributed by atoms with Crippen LogP contribution in [0.3, 0.4) is 0 Å². The van der Waals surface area contributed by atoms with Crippen LogP contribution in [0.15, 0.2) is 6.07 Å². The van der Waals surface area contributed by atoms with Gasteiger partial charge in [-0.25, -0.2) is 0 Å². The summed E-state index contributed by atoms with van der Waals surface area (Å²) in [6, 6.07) is 2.05. The van der Waals surface area contributed by atoms with E-state index in [4.69, 9.17) is 0 Å². The van der Waals surface area contributed by atoms with Crippen molar-refractivity contribution in [3.8, 4) is 0 Å². The molecule has 64 valence electrons. The summed E-state index contributed by atoms with van der Waals surface area (Å²) < 4.78 is 1.19. The molecule has 1 aromatic carbocycles. The Morgan fingerprint density at radius 1 is 1.25 bits per heavy atom. The monoisotopic (exact) mass is 274 g/mol. The second-order valence-electron chi connectivity index (χ2n) is 2.98. The van der Waals surface area contributed by atoms with Crippen LogP contribution in [0.2, 0.25) is 0 Å². The Morgan fingerprint density at radius 3 is 2.33 bits per heavy atom. The molecule has 0 heterocycles. The zero-order chi connectivity index (χ0) is 9.30. The molecule has 0 N–H and O–H groups in total. The van der Waals surface area contributed by atoms with Crippen LogP contribution < -0.4 is 0 Å². The van der Waals surface area contributed by atoms with Crippen LogP contribution in [0.1, 0.15) is 27.0 Å². The first-order valence-electron chi connectivity index (χ1n) is 3.79. The summed E-state index contributed by atoms with van der Waals surface area (Å²) in [5.41, 5.74) is 4.25. The van der Waals surface area contributed by atoms with Crippen molar-refractivity contribution in [2.75, 3.05) is 0 Å². The fourth-order valence-corrected chi connectivity index (χ4v) is 1.80. The fourth-order valence-electron chi connectivity index (χ4n) is 1.36. The molecule has 0 bridgehead atoms. The van der Waals surface area contributed by atoms with Gasteiger partial charge in [-0.3, -0.25) is 4.79 Å². The topological polar surface area (TPSA) is 17.1 Å². The zero-order valence-corrected chi connectivity index (χ0v) is 9.60. The molecule has 1 aromatic rings. The Balaban J connectivity index is 3.51. The number of benzene rings is 1. The van der Waals surface area contributed by atoms with Gasteiger partial charge >= 0.3 is 0 Å². The maximum atomic E-state index is 10.7. The van der Waals surface area contributed by atoms with Gasteiger partial charge in [0, 0.05) is 9.13 Å². The fraction of sp³-hybridized carbons (Fsp3) is 0.300. The first-order chi connectivity index (χ1) is 5.57. The SMILES string of the molecule is Cc1cc(C)c(C=O)c(C)c1I. The van der Waals surface area contributed by atoms with E-state index in [9.17, 15) is 4.79 Å². The maximum absolute atomic E-state index is 10.7. The van der Waals surface area contributed by atoms with Gasteiger partial charge in [0.15, 0.2) is 6.29 Å². The smallest absolute Gasteiger partial charge is 0.150 e. The molecule has 0 spiro atoms. The average molecular weight is 274 g/mol. The molecular weight excluding hydrogens is 263 g/mol. The Kier molecular flexibility index (Phi) is 2.88. The van der Waals surface area contributed by atoms with Gasteiger partial charge in [-0.05, 0) is 60.1 Å². The summed E-state index contributed by atoms with van der Waals surface area (Å²) in [6.45, 7) is 6.03. The van der Waals surface area contributed by atoms with E-state index in [1.165, 1.54) is 9.13 Å². The highest BCUT2D eigenvalue weighted by atomic mass is 127. The van der Waals surface area contributed by atoms with Crippen LogP contribution in [0.5, 0.6) is 0 Å². The van der Waals surface area contributed by atoms with E-state index >= 15 is 0 Å². The molecule has 0 radical (unpaired) electrons. The largest absolute Gasteiger partial charge is 0.298 e. The van der Waals surface area contributed by atoms with Crippen molar-refractivity contribution >= 4 is 28.9 Å². The Morgan fingerprint density at radius 2 is 1.83 bits per heavy atom. The van der Waals surface area contributed by atoms with Crippen LogP contribution >= 0.6 is 22.6 Å². The number of hydrogen-bond acceptors (Lipinski definition) is 1. The van der Waals surface area contributed by atoms with Gasteiger partial charge in [-0.1, -0.05) is 6.07 Å². The molecule has 0 unspecified atom stereocenters. The molecule has 1 rings (SSSR count). The van der Waals surface area contributed by atoms with Crippen molar-refractivity contribution in [2.24, 2.45) is 0 Å². The van der Waals surface area contributed by atoms with Crippen molar-refractivity contribution < 1.29 is 4.79 Å². The van der Waals surface area contributed by atoms with E-state index in [0.29, 0.717) is 0 Å². The minimum Gasteiger partial charge on any atom is -0.298 e. The van der Waals surface area contributed by atoms with Gasteiger partial charge in [0.25, 0.3) is 0 Å². The van der Waals surface area contributed by atoms with Gasteiger partial charge in [-0.15, -0.1) is 0 Å². The summed E-state index contributed by atoms with van der Waals surface area (Å²) in [4.78, 5) is 10.7. The molecule has 2 heteroatoms. The van der Waals surface area contributed by atoms with Crippen molar-refractivity contribution in [3.05, 3.63) is 31.9 Å². The van der Waals surface area contributed by atoms with Crippen molar-refractivity contribution in [2.45, 2.75) is 20.8 Å². The predicted octanol–water partition coefficient (Wildman–Crippen LogP) is 3.03. The number of carbonyl (C=O) groups is 1. The molecule has 0 aliphatic carbocycles. The number of halogens is 1. The van der Waals surface area contributed by atoms with Crippen LogP contribution in [-0.4, -0.2) is 6.29 Å². The standard InChI is InChI=1S/C10H11IO/c1-6-4-7(2)10(11)8(3)9(6)5-12/h4-5H,1-3H3. The van der Waals surface area contributed by atoms with Crippen LogP contribution in [0, 0.1) is 24.3 Å². The molecule has 0 atom stereocenters. The molecule has 0 aliphatic heterocycles. The third-order valence-electron chi connectivity index (χ3n) is 2.06. The minimum absolute atomic E-state index is 0.838. The lowest BCUT2D eigenvalue weighted by Crippen LogP contribution is -1.96. The van der Waals surface area contributed by atoms with Crippen LogP contribution in [-0.2, 0) is 0 Å². The molecule has 12 heavy (non-hydrogen) atoms. The van der Waals surface area contributed by atoms with Gasteiger partial charge in [0.1, 0.15) is 0 Å². The van der Waals surface area contributed by atoms with Gasteiger partial charge in [0.2, 0.25) is 0 Å². The molecule has 0 saturated carbocycles. The predicted molar refractivity (Wildman–Crippen MR) is 58.8 cm³/mol. The summed E-state index contributed by atoms with van der Waals surface area (Å²) in [5, 5.41) is 0. The second kappa shape index (κ2) is 3.56. The summed E-state index contributed by atoms with van der Waals surface area (Å²) in [7, 11) is 0. The molecular formula is C10H11IO. The Labute approximate surface area is 86.3 Å². The number of hydrogen-bond donors (Lipinski definition) is 0. The molecule has 0 amide bonds. The molecule has 0 aliphatic rings. The van der Waals surface area contributed by atoms with Crippen LogP contribution in [0.25, 0.3) is 0 Å². The van der Waals surface area contributed by atoms with Gasteiger partial charge in [-0.2, -0.15) is 0 Å². The molecule has 1 nitrogen and oxygen atoms in total. The van der Waals surface area contributed by atoms with Gasteiger partial charge < -0.3 is 0 Å². The zero-order valence-electron chi connectivity index (χ0n) is 7.44. The van der Waals surface area contributed by atoms with Gasteiger partial charge in [0.05, 0.1) is 0 Å². The van der Waals surface area contributed by atoms with E-state index in [2.05, 4.69) is 35.6 Å². The molecule has 0 fully saturated rings. The quantitative estimate of drug-likeness (QED) is 0.568. The van der Waals surface area contributed by atoms with Crippen molar-refractivity contribution in [1.82, 2.24) is 0 Å². The highest BCUT2D eigenvalue weighted by molar-refractivity contribution is 14.1. The van der Waals surface area contributed by atoms with E-state index in [1.54, 1.807) is 0 Å². The number of aryl methyl sites for hydroxylation is 2. The number of aldehydes is 1. The second-order valence-corrected chi connectivity index (χ2v) is 4.06. The first kappa shape index (κ1) is 9.71. The van der Waals surface area contributed by atoms with Crippen LogP contribution in [0.4, 0.5) is 0 Å². The lowest BCUT2D eigenvalue weighted by atomic mass is 10.0. The third-order valence-corrected chi connectivity index (χ3v) is 3.72. The van der Waals surface area contributed by atoms with Crippen molar-refractivity contribution in [1.29, 1.82) is 0 Å². The average Bonchev–Trinajstić information content (AvgIpc) is 2.01. The third kappa shape index (κ3) is 1.53. The molecule has 0 aromatic heterocycles. The lowest BCUT2D eigenvalue weighted by molar-refractivity contribution is 0.112. The molecule has 0 saturated heterocycles. The summed E-state index contributed by atoms with van der Waals surface area (Å²) in [5.74, 6) is 0. The Bertz CT molecular complexity index is 329.